The number of nitrogen functional groups attached to an aromatic ring is 1. The topological polar surface area (TPSA) is 43.8 Å². The second kappa shape index (κ2) is 6.07. The first-order valence-corrected chi connectivity index (χ1v) is 7.65. The molecule has 1 aromatic carbocycles. The lowest BCUT2D eigenvalue weighted by Gasteiger charge is -2.06. The van der Waals surface area contributed by atoms with Gasteiger partial charge in [-0.3, -0.25) is 4.68 Å². The van der Waals surface area contributed by atoms with E-state index in [4.69, 9.17) is 28.9 Å². The number of thioether (sulfide) groups is 1. The molecule has 0 spiro atoms. The zero-order chi connectivity index (χ0) is 14.0. The normalized spacial score (nSPS) is 10.9. The van der Waals surface area contributed by atoms with E-state index in [1.54, 1.807) is 17.8 Å². The summed E-state index contributed by atoms with van der Waals surface area (Å²) >= 11 is 13.8. The summed E-state index contributed by atoms with van der Waals surface area (Å²) in [6.45, 7) is 2.04. The van der Waals surface area contributed by atoms with Crippen molar-refractivity contribution in [1.29, 1.82) is 0 Å². The van der Waals surface area contributed by atoms with Gasteiger partial charge in [-0.2, -0.15) is 5.10 Å². The zero-order valence-corrected chi connectivity index (χ0v) is 13.1. The minimum atomic E-state index is 0.647. The van der Waals surface area contributed by atoms with Crippen LogP contribution in [0.5, 0.6) is 0 Å². The van der Waals surface area contributed by atoms with Crippen molar-refractivity contribution in [3.63, 3.8) is 0 Å². The number of aryl methyl sites for hydroxylation is 2. The van der Waals surface area contributed by atoms with Crippen LogP contribution in [0.4, 0.5) is 5.69 Å². The van der Waals surface area contributed by atoms with Crippen LogP contribution in [0, 0.1) is 0 Å². The highest BCUT2D eigenvalue weighted by Gasteiger charge is 2.13. The van der Waals surface area contributed by atoms with E-state index in [1.165, 1.54) is 0 Å². The Labute approximate surface area is 127 Å². The van der Waals surface area contributed by atoms with Gasteiger partial charge < -0.3 is 5.73 Å². The van der Waals surface area contributed by atoms with Crippen LogP contribution >= 0.6 is 35.0 Å². The van der Waals surface area contributed by atoms with Crippen LogP contribution in [0.25, 0.3) is 0 Å². The van der Waals surface area contributed by atoms with Crippen molar-refractivity contribution in [1.82, 2.24) is 9.78 Å². The molecule has 2 N–H and O–H groups in total. The molecule has 19 heavy (non-hydrogen) atoms. The molecule has 0 bridgehead atoms. The second-order valence-corrected chi connectivity index (χ2v) is 5.99. The van der Waals surface area contributed by atoms with Gasteiger partial charge in [0.25, 0.3) is 0 Å². The summed E-state index contributed by atoms with van der Waals surface area (Å²) in [4.78, 5) is 1.000. The minimum Gasteiger partial charge on any atom is -0.398 e. The predicted molar refractivity (Wildman–Crippen MR) is 83.0 cm³/mol. The van der Waals surface area contributed by atoms with Crippen LogP contribution in [-0.4, -0.2) is 9.78 Å². The van der Waals surface area contributed by atoms with Crippen molar-refractivity contribution in [3.8, 4) is 0 Å². The number of anilines is 1. The molecule has 1 aromatic heterocycles. The Kier molecular flexibility index (Phi) is 4.66. The molecule has 0 saturated heterocycles. The van der Waals surface area contributed by atoms with Crippen molar-refractivity contribution >= 4 is 40.7 Å². The maximum atomic E-state index is 6.31. The Morgan fingerprint density at radius 3 is 2.68 bits per heavy atom. The maximum absolute atomic E-state index is 6.31. The Balaban J connectivity index is 2.16. The minimum absolute atomic E-state index is 0.647. The van der Waals surface area contributed by atoms with Crippen LogP contribution in [-0.2, 0) is 19.2 Å². The average molecular weight is 316 g/mol. The van der Waals surface area contributed by atoms with E-state index in [1.807, 2.05) is 30.8 Å². The maximum Gasteiger partial charge on any atom is 0.0858 e. The molecule has 0 aliphatic heterocycles. The number of rotatable bonds is 4. The quantitative estimate of drug-likeness (QED) is 0.680. The third-order valence-electron chi connectivity index (χ3n) is 2.84. The molecule has 2 rings (SSSR count). The van der Waals surface area contributed by atoms with Gasteiger partial charge in [-0.25, -0.2) is 0 Å². The first kappa shape index (κ1) is 14.6. The van der Waals surface area contributed by atoms with E-state index in [2.05, 4.69) is 5.10 Å². The Hall–Kier alpha value is -0.840. The highest BCUT2D eigenvalue weighted by atomic mass is 35.5. The van der Waals surface area contributed by atoms with Crippen LogP contribution in [0.15, 0.2) is 23.1 Å². The Morgan fingerprint density at radius 1 is 1.37 bits per heavy atom. The lowest BCUT2D eigenvalue weighted by atomic mass is 10.3. The SMILES string of the molecule is CCc1nn(C)c(CSc2ccc(Cl)cc2N)c1Cl. The molecule has 102 valence electrons. The van der Waals surface area contributed by atoms with Crippen molar-refractivity contribution < 1.29 is 0 Å². The number of benzene rings is 1. The third kappa shape index (κ3) is 3.19. The van der Waals surface area contributed by atoms with Crippen LogP contribution in [0.3, 0.4) is 0 Å². The van der Waals surface area contributed by atoms with Gasteiger partial charge in [0.2, 0.25) is 0 Å². The van der Waals surface area contributed by atoms with Crippen molar-refractivity contribution in [2.24, 2.45) is 7.05 Å². The Bertz CT molecular complexity index is 596. The molecule has 0 atom stereocenters. The molecule has 3 nitrogen and oxygen atoms in total. The molecule has 0 aliphatic rings. The molecule has 0 amide bonds. The molecular weight excluding hydrogens is 301 g/mol. The largest absolute Gasteiger partial charge is 0.398 e. The van der Waals surface area contributed by atoms with Crippen molar-refractivity contribution in [3.05, 3.63) is 39.6 Å². The van der Waals surface area contributed by atoms with Gasteiger partial charge in [-0.15, -0.1) is 11.8 Å². The number of halogens is 2. The summed E-state index contributed by atoms with van der Waals surface area (Å²) in [5, 5.41) is 5.80. The first-order chi connectivity index (χ1) is 9.02. The van der Waals surface area contributed by atoms with Gasteiger partial charge in [0, 0.05) is 28.4 Å². The van der Waals surface area contributed by atoms with E-state index in [0.29, 0.717) is 10.7 Å². The fourth-order valence-electron chi connectivity index (χ4n) is 1.77. The van der Waals surface area contributed by atoms with Gasteiger partial charge in [0.1, 0.15) is 0 Å². The first-order valence-electron chi connectivity index (χ1n) is 5.91. The molecule has 2 aromatic rings. The monoisotopic (exact) mass is 315 g/mol. The molecule has 0 fully saturated rings. The van der Waals surface area contributed by atoms with E-state index < -0.39 is 0 Å². The van der Waals surface area contributed by atoms with E-state index in [-0.39, 0.29) is 0 Å². The average Bonchev–Trinajstić information content (AvgIpc) is 2.64. The van der Waals surface area contributed by atoms with Gasteiger partial charge >= 0.3 is 0 Å². The van der Waals surface area contributed by atoms with E-state index >= 15 is 0 Å². The smallest absolute Gasteiger partial charge is 0.0858 e. The van der Waals surface area contributed by atoms with Crippen LogP contribution < -0.4 is 5.73 Å². The molecule has 0 saturated carbocycles. The lowest BCUT2D eigenvalue weighted by Crippen LogP contribution is -1.97. The molecule has 0 aliphatic carbocycles. The number of hydrogen-bond donors (Lipinski definition) is 1. The lowest BCUT2D eigenvalue weighted by molar-refractivity contribution is 0.720. The summed E-state index contributed by atoms with van der Waals surface area (Å²) in [5.41, 5.74) is 8.56. The summed E-state index contributed by atoms with van der Waals surface area (Å²) < 4.78 is 1.83. The number of aromatic nitrogens is 2. The summed E-state index contributed by atoms with van der Waals surface area (Å²) in [5.74, 6) is 0.730. The molecule has 1 heterocycles. The Morgan fingerprint density at radius 2 is 2.11 bits per heavy atom. The van der Waals surface area contributed by atoms with E-state index in [9.17, 15) is 0 Å². The highest BCUT2D eigenvalue weighted by molar-refractivity contribution is 7.98. The van der Waals surface area contributed by atoms with Gasteiger partial charge in [-0.1, -0.05) is 30.1 Å². The number of nitrogens with zero attached hydrogens (tertiary/aromatic N) is 2. The van der Waals surface area contributed by atoms with Crippen LogP contribution in [0.1, 0.15) is 18.3 Å². The number of hydrogen-bond acceptors (Lipinski definition) is 3. The number of nitrogens with two attached hydrogens (primary N) is 1. The predicted octanol–water partition coefficient (Wildman–Crippen LogP) is 4.16. The van der Waals surface area contributed by atoms with E-state index in [0.717, 1.165) is 33.5 Å². The van der Waals surface area contributed by atoms with Crippen molar-refractivity contribution in [2.45, 2.75) is 24.0 Å². The van der Waals surface area contributed by atoms with Gasteiger partial charge in [-0.05, 0) is 24.6 Å². The second-order valence-electron chi connectivity index (χ2n) is 4.16. The summed E-state index contributed by atoms with van der Waals surface area (Å²) in [6, 6.07) is 5.52. The van der Waals surface area contributed by atoms with Crippen molar-refractivity contribution in [2.75, 3.05) is 5.73 Å². The molecule has 6 heteroatoms. The fraction of sp³-hybridized carbons (Fsp3) is 0.308. The van der Waals surface area contributed by atoms with Crippen LogP contribution in [0.2, 0.25) is 10.0 Å². The van der Waals surface area contributed by atoms with Gasteiger partial charge in [0.15, 0.2) is 0 Å². The molecule has 0 unspecified atom stereocenters. The summed E-state index contributed by atoms with van der Waals surface area (Å²) in [7, 11) is 1.91. The third-order valence-corrected chi connectivity index (χ3v) is 4.61. The standard InChI is InChI=1S/C13H15Cl2N3S/c1-3-10-13(15)11(18(2)17-10)7-19-12-5-4-8(14)6-9(12)16/h4-6H,3,7,16H2,1-2H3. The van der Waals surface area contributed by atoms with Gasteiger partial charge in [0.05, 0.1) is 16.4 Å². The fourth-order valence-corrected chi connectivity index (χ4v) is 3.41. The zero-order valence-electron chi connectivity index (χ0n) is 10.8. The molecular formula is C13H15Cl2N3S. The highest BCUT2D eigenvalue weighted by Crippen LogP contribution is 2.32. The summed E-state index contributed by atoms with van der Waals surface area (Å²) in [6.07, 6.45) is 0.834. The molecule has 0 radical (unpaired) electrons.